The van der Waals surface area contributed by atoms with Crippen LogP contribution in [-0.2, 0) is 9.53 Å². The van der Waals surface area contributed by atoms with E-state index in [1.54, 1.807) is 0 Å². The van der Waals surface area contributed by atoms with Crippen LogP contribution in [0.25, 0.3) is 10.2 Å². The normalized spacial score (nSPS) is 10.7. The summed E-state index contributed by atoms with van der Waals surface area (Å²) in [5, 5.41) is 0. The molecule has 0 saturated heterocycles. The number of aromatic nitrogens is 1. The molecule has 1 heterocycles. The fraction of sp³-hybridized carbons (Fsp3) is 0.333. The Kier molecular flexibility index (Phi) is 3.87. The molecular weight excluding hydrogens is 318 g/mol. The van der Waals surface area contributed by atoms with Crippen LogP contribution in [0.15, 0.2) is 9.98 Å². The second-order valence-corrected chi connectivity index (χ2v) is 6.11. The minimum Gasteiger partial charge on any atom is -0.482 e. The molecule has 0 aliphatic rings. The Hall–Kier alpha value is -1.14. The molecule has 0 spiro atoms. The van der Waals surface area contributed by atoms with Gasteiger partial charge in [-0.05, 0) is 47.0 Å². The van der Waals surface area contributed by atoms with E-state index in [1.165, 1.54) is 18.4 Å². The van der Waals surface area contributed by atoms with Crippen molar-refractivity contribution in [1.82, 2.24) is 4.98 Å². The van der Waals surface area contributed by atoms with Gasteiger partial charge in [0.1, 0.15) is 5.75 Å². The van der Waals surface area contributed by atoms with Gasteiger partial charge in [0.05, 0.1) is 17.3 Å². The Morgan fingerprint density at radius 1 is 1.44 bits per heavy atom. The molecule has 0 atom stereocenters. The molecule has 1 aromatic carbocycles. The van der Waals surface area contributed by atoms with Gasteiger partial charge in [-0.3, -0.25) is 0 Å². The number of carbonyl (C=O) groups excluding carboxylic acids is 1. The van der Waals surface area contributed by atoms with Crippen LogP contribution in [0.2, 0.25) is 0 Å². The van der Waals surface area contributed by atoms with Crippen molar-refractivity contribution in [1.29, 1.82) is 0 Å². The first-order valence-electron chi connectivity index (χ1n) is 5.28. The Bertz CT molecular complexity index is 609. The van der Waals surface area contributed by atoms with Gasteiger partial charge in [0.2, 0.25) is 0 Å². The molecule has 2 rings (SSSR count). The summed E-state index contributed by atoms with van der Waals surface area (Å²) >= 11 is 4.91. The van der Waals surface area contributed by atoms with Gasteiger partial charge in [-0.2, -0.15) is 0 Å². The fourth-order valence-electron chi connectivity index (χ4n) is 1.61. The quantitative estimate of drug-likeness (QED) is 0.811. The zero-order valence-electron chi connectivity index (χ0n) is 10.2. The van der Waals surface area contributed by atoms with Crippen molar-refractivity contribution >= 4 is 43.5 Å². The van der Waals surface area contributed by atoms with Gasteiger partial charge in [-0.1, -0.05) is 0 Å². The minimum absolute atomic E-state index is 0.0811. The van der Waals surface area contributed by atoms with Gasteiger partial charge in [-0.15, -0.1) is 11.3 Å². The molecule has 0 amide bonds. The molecule has 18 heavy (non-hydrogen) atoms. The smallest absolute Gasteiger partial charge is 0.343 e. The van der Waals surface area contributed by atoms with Crippen LogP contribution in [-0.4, -0.2) is 24.7 Å². The van der Waals surface area contributed by atoms with E-state index in [9.17, 15) is 4.79 Å². The molecule has 1 aromatic heterocycles. The van der Waals surface area contributed by atoms with Crippen molar-refractivity contribution in [2.45, 2.75) is 13.8 Å². The number of aryl methyl sites for hydroxylation is 1. The molecule has 2 aromatic rings. The van der Waals surface area contributed by atoms with Crippen LogP contribution >= 0.6 is 27.3 Å². The van der Waals surface area contributed by atoms with Crippen molar-refractivity contribution < 1.29 is 14.3 Å². The summed E-state index contributed by atoms with van der Waals surface area (Å²) in [6, 6.07) is 1.91. The number of halogens is 1. The number of methoxy groups -OCH3 is 1. The lowest BCUT2D eigenvalue weighted by molar-refractivity contribution is -0.142. The highest BCUT2D eigenvalue weighted by molar-refractivity contribution is 9.11. The highest BCUT2D eigenvalue weighted by Gasteiger charge is 2.13. The third kappa shape index (κ3) is 2.49. The van der Waals surface area contributed by atoms with Gasteiger partial charge in [-0.25, -0.2) is 9.78 Å². The van der Waals surface area contributed by atoms with E-state index in [4.69, 9.17) is 4.74 Å². The van der Waals surface area contributed by atoms with Crippen molar-refractivity contribution in [2.75, 3.05) is 13.7 Å². The number of benzene rings is 1. The van der Waals surface area contributed by atoms with Crippen LogP contribution in [0.5, 0.6) is 5.75 Å². The summed E-state index contributed by atoms with van der Waals surface area (Å²) in [5.41, 5.74) is 3.02. The first kappa shape index (κ1) is 13.3. The monoisotopic (exact) mass is 329 g/mol. The van der Waals surface area contributed by atoms with Crippen LogP contribution in [0.1, 0.15) is 11.1 Å². The first-order valence-corrected chi connectivity index (χ1v) is 6.89. The second kappa shape index (κ2) is 5.24. The molecule has 0 bridgehead atoms. The van der Waals surface area contributed by atoms with Crippen LogP contribution in [0.3, 0.4) is 0 Å². The molecule has 0 N–H and O–H groups in total. The fourth-order valence-corrected chi connectivity index (χ4v) is 3.09. The van der Waals surface area contributed by atoms with E-state index in [2.05, 4.69) is 25.7 Å². The lowest BCUT2D eigenvalue weighted by Gasteiger charge is -2.10. The Labute approximate surface area is 117 Å². The number of hydrogen-bond acceptors (Lipinski definition) is 5. The maximum atomic E-state index is 11.1. The standard InChI is InChI=1S/C12H12BrNO3S/c1-6-7(2)11-9(18-12(13)14-11)4-8(6)17-5-10(15)16-3/h4H,5H2,1-3H3. The molecule has 0 saturated carbocycles. The lowest BCUT2D eigenvalue weighted by Crippen LogP contribution is -2.13. The SMILES string of the molecule is COC(=O)COc1cc2sc(Br)nc2c(C)c1C. The summed E-state index contributed by atoms with van der Waals surface area (Å²) < 4.78 is 11.9. The zero-order valence-corrected chi connectivity index (χ0v) is 12.6. The summed E-state index contributed by atoms with van der Waals surface area (Å²) in [7, 11) is 1.34. The van der Waals surface area contributed by atoms with E-state index < -0.39 is 5.97 Å². The Morgan fingerprint density at radius 3 is 2.83 bits per heavy atom. The average Bonchev–Trinajstić information content (AvgIpc) is 2.72. The van der Waals surface area contributed by atoms with Gasteiger partial charge in [0.25, 0.3) is 0 Å². The topological polar surface area (TPSA) is 48.4 Å². The molecule has 0 aliphatic carbocycles. The number of fused-ring (bicyclic) bond motifs is 1. The minimum atomic E-state index is -0.391. The zero-order chi connectivity index (χ0) is 13.3. The number of rotatable bonds is 3. The van der Waals surface area contributed by atoms with Gasteiger partial charge in [0, 0.05) is 0 Å². The molecule has 4 nitrogen and oxygen atoms in total. The van der Waals surface area contributed by atoms with E-state index in [-0.39, 0.29) is 6.61 Å². The maximum absolute atomic E-state index is 11.1. The lowest BCUT2D eigenvalue weighted by atomic mass is 10.1. The number of hydrogen-bond donors (Lipinski definition) is 0. The highest BCUT2D eigenvalue weighted by Crippen LogP contribution is 2.34. The first-order chi connectivity index (χ1) is 8.52. The highest BCUT2D eigenvalue weighted by atomic mass is 79.9. The van der Waals surface area contributed by atoms with Gasteiger partial charge >= 0.3 is 5.97 Å². The Morgan fingerprint density at radius 2 is 2.17 bits per heavy atom. The number of esters is 1. The van der Waals surface area contributed by atoms with E-state index in [1.807, 2.05) is 19.9 Å². The van der Waals surface area contributed by atoms with Gasteiger partial charge < -0.3 is 9.47 Å². The number of nitrogens with zero attached hydrogens (tertiary/aromatic N) is 1. The molecule has 0 unspecified atom stereocenters. The maximum Gasteiger partial charge on any atom is 0.343 e. The largest absolute Gasteiger partial charge is 0.482 e. The number of thiazole rings is 1. The summed E-state index contributed by atoms with van der Waals surface area (Å²) in [6.07, 6.45) is 0. The predicted octanol–water partition coefficient (Wildman–Crippen LogP) is 3.23. The predicted molar refractivity (Wildman–Crippen MR) is 74.3 cm³/mol. The molecule has 96 valence electrons. The number of carbonyl (C=O) groups is 1. The summed E-state index contributed by atoms with van der Waals surface area (Å²) in [4.78, 5) is 15.5. The van der Waals surface area contributed by atoms with Crippen LogP contribution in [0.4, 0.5) is 0 Å². The number of ether oxygens (including phenoxy) is 2. The van der Waals surface area contributed by atoms with Gasteiger partial charge in [0.15, 0.2) is 10.5 Å². The average molecular weight is 330 g/mol. The van der Waals surface area contributed by atoms with Crippen molar-refractivity contribution in [3.8, 4) is 5.75 Å². The third-order valence-electron chi connectivity index (χ3n) is 2.75. The molecule has 0 radical (unpaired) electrons. The van der Waals surface area contributed by atoms with E-state index >= 15 is 0 Å². The third-order valence-corrected chi connectivity index (χ3v) is 4.20. The summed E-state index contributed by atoms with van der Waals surface area (Å²) in [6.45, 7) is 3.87. The Balaban J connectivity index is 2.38. The van der Waals surface area contributed by atoms with Crippen LogP contribution < -0.4 is 4.74 Å². The molecule has 6 heteroatoms. The second-order valence-electron chi connectivity index (χ2n) is 3.80. The van der Waals surface area contributed by atoms with Crippen molar-refractivity contribution in [3.05, 3.63) is 21.1 Å². The van der Waals surface area contributed by atoms with E-state index in [0.29, 0.717) is 5.75 Å². The summed E-state index contributed by atoms with van der Waals surface area (Å²) in [5.74, 6) is 0.305. The molecule has 0 aliphatic heterocycles. The van der Waals surface area contributed by atoms with E-state index in [0.717, 1.165) is 25.3 Å². The molecule has 0 fully saturated rings. The van der Waals surface area contributed by atoms with Crippen molar-refractivity contribution in [3.63, 3.8) is 0 Å². The van der Waals surface area contributed by atoms with Crippen LogP contribution in [0, 0.1) is 13.8 Å². The molecular formula is C12H12BrNO3S. The van der Waals surface area contributed by atoms with Crippen molar-refractivity contribution in [2.24, 2.45) is 0 Å².